The molecule has 58 valence electrons. The number of methoxy groups -OCH3 is 1. The van der Waals surface area contributed by atoms with E-state index in [1.165, 1.54) is 0 Å². The van der Waals surface area contributed by atoms with Crippen molar-refractivity contribution in [2.24, 2.45) is 0 Å². The van der Waals surface area contributed by atoms with E-state index in [0.29, 0.717) is 13.0 Å². The zero-order valence-corrected chi connectivity index (χ0v) is 8.63. The molecule has 0 bridgehead atoms. The van der Waals surface area contributed by atoms with E-state index in [0.717, 1.165) is 0 Å². The summed E-state index contributed by atoms with van der Waals surface area (Å²) in [7, 11) is 11.3. The summed E-state index contributed by atoms with van der Waals surface area (Å²) >= 11 is -0.472. The van der Waals surface area contributed by atoms with E-state index in [9.17, 15) is 0 Å². The molecule has 0 atom stereocenters. The van der Waals surface area contributed by atoms with Gasteiger partial charge in [-0.15, -0.1) is 0 Å². The van der Waals surface area contributed by atoms with Gasteiger partial charge in [-0.3, -0.25) is 0 Å². The molecule has 0 amide bonds. The van der Waals surface area contributed by atoms with Crippen LogP contribution in [0, 0.1) is 11.3 Å². The Labute approximate surface area is 71.5 Å². The molecule has 0 aliphatic heterocycles. The first-order valence-electron chi connectivity index (χ1n) is 2.01. The number of hydrogen-bond acceptors (Lipinski definition) is 2. The third-order valence-electron chi connectivity index (χ3n) is 0.418. The molecule has 0 aromatic heterocycles. The Morgan fingerprint density at radius 1 is 1.67 bits per heavy atom. The average molecular weight is 351 g/mol. The van der Waals surface area contributed by atoms with E-state index in [4.69, 9.17) is 24.1 Å². The summed E-state index contributed by atoms with van der Waals surface area (Å²) in [6, 6.07) is 1.94. The van der Waals surface area contributed by atoms with Gasteiger partial charge in [0.1, 0.15) is 0 Å². The summed E-state index contributed by atoms with van der Waals surface area (Å²) in [6.45, 7) is 0.552. The number of halogens is 2. The molecule has 0 N–H and O–H groups in total. The van der Waals surface area contributed by atoms with Gasteiger partial charge in [-0.25, -0.2) is 0 Å². The Morgan fingerprint density at radius 2 is 2.11 bits per heavy atom. The summed E-state index contributed by atoms with van der Waals surface area (Å²) in [4.78, 5) is 0. The van der Waals surface area contributed by atoms with Crippen molar-refractivity contribution in [1.82, 2.24) is 0 Å². The van der Waals surface area contributed by atoms with Gasteiger partial charge < -0.3 is 4.74 Å². The van der Waals surface area contributed by atoms with E-state index in [2.05, 4.69) is 4.74 Å². The summed E-state index contributed by atoms with van der Waals surface area (Å²) in [5, 5.41) is 7.87. The minimum atomic E-state index is -0.472. The van der Waals surface area contributed by atoms with Crippen LogP contribution >= 0.6 is 18.8 Å². The second kappa shape index (κ2) is 15.9. The third-order valence-corrected chi connectivity index (χ3v) is 0.418. The normalized spacial score (nSPS) is 7.33. The predicted molar refractivity (Wildman–Crippen MR) is 33.8 cm³/mol. The van der Waals surface area contributed by atoms with Crippen LogP contribution in [0.25, 0.3) is 0 Å². The van der Waals surface area contributed by atoms with E-state index < -0.39 is 16.5 Å². The summed E-state index contributed by atoms with van der Waals surface area (Å²) in [5.74, 6) is 0. The van der Waals surface area contributed by atoms with Gasteiger partial charge in [0.15, 0.2) is 0 Å². The predicted octanol–water partition coefficient (Wildman–Crippen LogP) is 1.92. The van der Waals surface area contributed by atoms with E-state index in [-0.39, 0.29) is 0 Å². The second-order valence-corrected chi connectivity index (χ2v) is 4.23. The Morgan fingerprint density at radius 3 is 2.22 bits per heavy atom. The van der Waals surface area contributed by atoms with Crippen molar-refractivity contribution >= 4 is 18.8 Å². The molecule has 0 saturated heterocycles. The number of hydrogen-bond donors (Lipinski definition) is 0. The standard InChI is InChI=1S/C4H7NO.2ClH.Pt/c1-6-4-2-3-5;;;/h2,4H2,1H3;2*1H;/q;;;+2/p-2. The molecule has 2 nitrogen and oxygen atoms in total. The Balaban J connectivity index is 0. The topological polar surface area (TPSA) is 33.0 Å². The van der Waals surface area contributed by atoms with Crippen LogP contribution in [0.2, 0.25) is 0 Å². The first-order chi connectivity index (χ1) is 4.33. The molecule has 0 aromatic carbocycles. The maximum absolute atomic E-state index is 7.87. The monoisotopic (exact) mass is 350 g/mol. The second-order valence-electron chi connectivity index (χ2n) is 0.946. The minimum absolute atomic E-state index is 0.472. The number of nitrogens with zero attached hydrogens (tertiary/aromatic N) is 1. The third kappa shape index (κ3) is 28.5. The van der Waals surface area contributed by atoms with Crippen LogP contribution < -0.4 is 0 Å². The molecule has 9 heavy (non-hydrogen) atoms. The molecule has 0 saturated carbocycles. The molecule has 0 unspecified atom stereocenters. The van der Waals surface area contributed by atoms with Crippen LogP contribution in [0.5, 0.6) is 0 Å². The quantitative estimate of drug-likeness (QED) is 0.713. The summed E-state index contributed by atoms with van der Waals surface area (Å²) < 4.78 is 4.56. The molecular formula is C4H7Cl2NOPt. The van der Waals surface area contributed by atoms with E-state index in [1.54, 1.807) is 7.11 Å². The van der Waals surface area contributed by atoms with Gasteiger partial charge in [0.05, 0.1) is 19.1 Å². The van der Waals surface area contributed by atoms with Crippen molar-refractivity contribution in [2.75, 3.05) is 13.7 Å². The molecule has 0 spiro atoms. The van der Waals surface area contributed by atoms with Crippen molar-refractivity contribution in [3.05, 3.63) is 0 Å². The van der Waals surface area contributed by atoms with Crippen molar-refractivity contribution in [3.8, 4) is 6.07 Å². The van der Waals surface area contributed by atoms with Crippen molar-refractivity contribution < 1.29 is 21.2 Å². The SMILES string of the molecule is COCCC#N.[Cl][Pt][Cl]. The maximum atomic E-state index is 7.87. The molecule has 0 radical (unpaired) electrons. The average Bonchev–Trinajstić information content (AvgIpc) is 1.86. The van der Waals surface area contributed by atoms with Crippen LogP contribution in [-0.2, 0) is 21.2 Å². The van der Waals surface area contributed by atoms with Gasteiger partial charge in [0.25, 0.3) is 0 Å². The van der Waals surface area contributed by atoms with Crippen molar-refractivity contribution in [2.45, 2.75) is 6.42 Å². The van der Waals surface area contributed by atoms with E-state index >= 15 is 0 Å². The number of nitriles is 1. The Kier molecular flexibility index (Phi) is 21.9. The fraction of sp³-hybridized carbons (Fsp3) is 0.750. The van der Waals surface area contributed by atoms with Gasteiger partial charge >= 0.3 is 35.3 Å². The Hall–Kier alpha value is 0.718. The van der Waals surface area contributed by atoms with Crippen LogP contribution in [0.15, 0.2) is 0 Å². The van der Waals surface area contributed by atoms with Gasteiger partial charge in [0.2, 0.25) is 0 Å². The van der Waals surface area contributed by atoms with Crippen molar-refractivity contribution in [3.63, 3.8) is 0 Å². The fourth-order valence-electron chi connectivity index (χ4n) is 0.148. The molecule has 0 aliphatic rings. The summed E-state index contributed by atoms with van der Waals surface area (Å²) in [6.07, 6.45) is 0.497. The molecule has 0 fully saturated rings. The number of rotatable bonds is 2. The molecule has 0 rings (SSSR count). The Bertz CT molecular complexity index is 75.5. The van der Waals surface area contributed by atoms with Gasteiger partial charge in [-0.2, -0.15) is 5.26 Å². The molecule has 0 aromatic rings. The molecule has 0 aliphatic carbocycles. The summed E-state index contributed by atoms with van der Waals surface area (Å²) in [5.41, 5.74) is 0. The molecule has 5 heteroatoms. The zero-order chi connectivity index (χ0) is 7.54. The molecule has 0 heterocycles. The van der Waals surface area contributed by atoms with Crippen LogP contribution in [0.4, 0.5) is 0 Å². The van der Waals surface area contributed by atoms with Gasteiger partial charge in [0, 0.05) is 7.11 Å². The zero-order valence-electron chi connectivity index (χ0n) is 4.84. The van der Waals surface area contributed by atoms with Gasteiger partial charge in [-0.05, 0) is 0 Å². The van der Waals surface area contributed by atoms with Gasteiger partial charge in [-0.1, -0.05) is 0 Å². The fourth-order valence-corrected chi connectivity index (χ4v) is 0.148. The van der Waals surface area contributed by atoms with Crippen LogP contribution in [0.1, 0.15) is 6.42 Å². The number of ether oxygens (including phenoxy) is 1. The van der Waals surface area contributed by atoms with Crippen LogP contribution in [-0.4, -0.2) is 13.7 Å². The van der Waals surface area contributed by atoms with E-state index in [1.807, 2.05) is 6.07 Å². The first kappa shape index (κ1) is 12.4. The van der Waals surface area contributed by atoms with Crippen LogP contribution in [0.3, 0.4) is 0 Å². The molecular weight excluding hydrogens is 344 g/mol. The van der Waals surface area contributed by atoms with Crippen molar-refractivity contribution in [1.29, 1.82) is 5.26 Å². The first-order valence-corrected chi connectivity index (χ1v) is 7.64.